The standard InChI is InChI=1S/C30H41N3O9S/c1-19(2)16-33(43(35,36)22-8-9-26-27(15-22)39-13-12-38-26)17-24(31)25(14-20-4-6-21(37-3)7-5-20)32-30(34)42-28-18-41-29-23(28)10-11-40-29/h4-9,15,19,23-25,28-29H,10-14,16-18,31H2,1-3H3,(H,32,34)/t23-,24+,25-,28-,29+/m0/s1. The van der Waals surface area contributed by atoms with Crippen molar-refractivity contribution in [3.63, 3.8) is 0 Å². The van der Waals surface area contributed by atoms with Crippen molar-refractivity contribution >= 4 is 16.1 Å². The number of nitrogens with one attached hydrogen (secondary N) is 1. The molecule has 0 radical (unpaired) electrons. The van der Waals surface area contributed by atoms with Gasteiger partial charge in [-0.3, -0.25) is 0 Å². The van der Waals surface area contributed by atoms with Crippen LogP contribution >= 0.6 is 0 Å². The van der Waals surface area contributed by atoms with E-state index in [1.807, 2.05) is 38.1 Å². The van der Waals surface area contributed by atoms with Gasteiger partial charge in [0.15, 0.2) is 17.8 Å². The summed E-state index contributed by atoms with van der Waals surface area (Å²) < 4.78 is 62.6. The second-order valence-corrected chi connectivity index (χ2v) is 13.4. The Morgan fingerprint density at radius 1 is 1.05 bits per heavy atom. The quantitative estimate of drug-likeness (QED) is 0.363. The van der Waals surface area contributed by atoms with Crippen LogP contribution in [0.3, 0.4) is 0 Å². The second kappa shape index (κ2) is 13.7. The minimum Gasteiger partial charge on any atom is -0.497 e. The predicted molar refractivity (Wildman–Crippen MR) is 157 cm³/mol. The van der Waals surface area contributed by atoms with Crippen molar-refractivity contribution in [1.29, 1.82) is 0 Å². The first-order chi connectivity index (χ1) is 20.6. The minimum absolute atomic E-state index is 0.0149. The van der Waals surface area contributed by atoms with E-state index >= 15 is 0 Å². The van der Waals surface area contributed by atoms with Gasteiger partial charge in [-0.15, -0.1) is 0 Å². The number of nitrogens with zero attached hydrogens (tertiary/aromatic N) is 1. The number of nitrogens with two attached hydrogens (primary N) is 1. The Hall–Kier alpha value is -3.10. The molecular formula is C30H41N3O9S. The van der Waals surface area contributed by atoms with Gasteiger partial charge in [-0.1, -0.05) is 26.0 Å². The maximum absolute atomic E-state index is 13.9. The second-order valence-electron chi connectivity index (χ2n) is 11.5. The van der Waals surface area contributed by atoms with Gasteiger partial charge >= 0.3 is 6.09 Å². The molecule has 0 aromatic heterocycles. The molecular weight excluding hydrogens is 578 g/mol. The van der Waals surface area contributed by atoms with Crippen LogP contribution in [0, 0.1) is 11.8 Å². The predicted octanol–water partition coefficient (Wildman–Crippen LogP) is 2.54. The summed E-state index contributed by atoms with van der Waals surface area (Å²) in [7, 11) is -2.38. The number of hydrogen-bond acceptors (Lipinski definition) is 10. The maximum atomic E-state index is 13.9. The zero-order valence-electron chi connectivity index (χ0n) is 24.8. The summed E-state index contributed by atoms with van der Waals surface area (Å²) in [6.45, 7) is 5.62. The van der Waals surface area contributed by atoms with Crippen molar-refractivity contribution in [1.82, 2.24) is 9.62 Å². The highest BCUT2D eigenvalue weighted by atomic mass is 32.2. The summed E-state index contributed by atoms with van der Waals surface area (Å²) in [6.07, 6.45) is -0.334. The van der Waals surface area contributed by atoms with Gasteiger partial charge in [-0.25, -0.2) is 13.2 Å². The smallest absolute Gasteiger partial charge is 0.407 e. The molecule has 0 saturated carbocycles. The summed E-state index contributed by atoms with van der Waals surface area (Å²) >= 11 is 0. The fraction of sp³-hybridized carbons (Fsp3) is 0.567. The fourth-order valence-corrected chi connectivity index (χ4v) is 7.23. The van der Waals surface area contributed by atoms with Crippen molar-refractivity contribution in [2.24, 2.45) is 17.6 Å². The SMILES string of the molecule is COc1ccc(C[C@H](NC(=O)O[C@H]2CO[C@H]3OCC[C@H]32)[C@H](N)CN(CC(C)C)S(=O)(=O)c2ccc3c(c2)OCCO3)cc1. The van der Waals surface area contributed by atoms with E-state index in [1.54, 1.807) is 13.2 Å². The van der Waals surface area contributed by atoms with E-state index in [4.69, 9.17) is 34.2 Å². The van der Waals surface area contributed by atoms with Gasteiger partial charge in [0, 0.05) is 25.2 Å². The summed E-state index contributed by atoms with van der Waals surface area (Å²) in [6, 6.07) is 10.6. The Balaban J connectivity index is 1.35. The van der Waals surface area contributed by atoms with Gasteiger partial charge in [0.05, 0.1) is 37.2 Å². The lowest BCUT2D eigenvalue weighted by Crippen LogP contribution is -2.55. The number of fused-ring (bicyclic) bond motifs is 2. The summed E-state index contributed by atoms with van der Waals surface area (Å²) in [5, 5.41) is 2.92. The Kier molecular flexibility index (Phi) is 9.97. The van der Waals surface area contributed by atoms with Crippen LogP contribution in [0.1, 0.15) is 25.8 Å². The highest BCUT2D eigenvalue weighted by Gasteiger charge is 2.44. The molecule has 0 aliphatic carbocycles. The normalized spacial score (nSPS) is 22.7. The number of ether oxygens (including phenoxy) is 6. The summed E-state index contributed by atoms with van der Waals surface area (Å²) in [5.74, 6) is 1.58. The molecule has 12 nitrogen and oxygen atoms in total. The lowest BCUT2D eigenvalue weighted by atomic mass is 9.99. The average molecular weight is 620 g/mol. The van der Waals surface area contributed by atoms with Gasteiger partial charge < -0.3 is 39.5 Å². The van der Waals surface area contributed by atoms with Gasteiger partial charge in [0.25, 0.3) is 0 Å². The van der Waals surface area contributed by atoms with E-state index in [2.05, 4.69) is 5.32 Å². The average Bonchev–Trinajstić information content (AvgIpc) is 3.61. The molecule has 2 fully saturated rings. The highest BCUT2D eigenvalue weighted by Crippen LogP contribution is 2.34. The fourth-order valence-electron chi connectivity index (χ4n) is 5.57. The van der Waals surface area contributed by atoms with Gasteiger partial charge in [0.1, 0.15) is 25.1 Å². The van der Waals surface area contributed by atoms with Crippen molar-refractivity contribution in [2.75, 3.05) is 46.6 Å². The van der Waals surface area contributed by atoms with Crippen LogP contribution in [0.5, 0.6) is 17.2 Å². The molecule has 3 N–H and O–H groups in total. The molecule has 2 aromatic rings. The van der Waals surface area contributed by atoms with Crippen molar-refractivity contribution in [3.05, 3.63) is 48.0 Å². The first-order valence-corrected chi connectivity index (χ1v) is 16.1. The van der Waals surface area contributed by atoms with Crippen LogP contribution in [0.2, 0.25) is 0 Å². The van der Waals surface area contributed by atoms with E-state index in [0.717, 1.165) is 12.0 Å². The number of benzene rings is 2. The molecule has 3 heterocycles. The van der Waals surface area contributed by atoms with E-state index in [9.17, 15) is 13.2 Å². The molecule has 0 unspecified atom stereocenters. The third-order valence-corrected chi connectivity index (χ3v) is 9.64. The van der Waals surface area contributed by atoms with Gasteiger partial charge in [-0.2, -0.15) is 4.31 Å². The van der Waals surface area contributed by atoms with Crippen LogP contribution in [0.15, 0.2) is 47.4 Å². The molecule has 2 saturated heterocycles. The third kappa shape index (κ3) is 7.52. The maximum Gasteiger partial charge on any atom is 0.407 e. The molecule has 0 spiro atoms. The number of amides is 1. The Morgan fingerprint density at radius 2 is 1.79 bits per heavy atom. The summed E-state index contributed by atoms with van der Waals surface area (Å²) in [4.78, 5) is 13.2. The number of methoxy groups -OCH3 is 1. The Bertz CT molecular complexity index is 1360. The van der Waals surface area contributed by atoms with Crippen molar-refractivity contribution < 1.29 is 41.6 Å². The molecule has 0 bridgehead atoms. The zero-order valence-corrected chi connectivity index (χ0v) is 25.6. The number of rotatable bonds is 12. The number of carbonyl (C=O) groups is 1. The van der Waals surface area contributed by atoms with Crippen LogP contribution in [0.4, 0.5) is 4.79 Å². The van der Waals surface area contributed by atoms with E-state index in [0.29, 0.717) is 43.5 Å². The molecule has 3 aliphatic rings. The van der Waals surface area contributed by atoms with Crippen molar-refractivity contribution in [3.8, 4) is 17.2 Å². The molecule has 236 valence electrons. The van der Waals surface area contributed by atoms with Crippen molar-refractivity contribution in [2.45, 2.75) is 56.1 Å². The lowest BCUT2D eigenvalue weighted by molar-refractivity contribution is -0.0907. The summed E-state index contributed by atoms with van der Waals surface area (Å²) in [5.41, 5.74) is 7.62. The monoisotopic (exact) mass is 619 g/mol. The number of carbonyl (C=O) groups excluding carboxylic acids is 1. The molecule has 1 amide bonds. The van der Waals surface area contributed by atoms with Crippen LogP contribution < -0.4 is 25.3 Å². The molecule has 2 aromatic carbocycles. The Labute approximate surface area is 252 Å². The molecule has 5 rings (SSSR count). The minimum atomic E-state index is -3.97. The molecule has 5 atom stereocenters. The van der Waals surface area contributed by atoms with Gasteiger partial charge in [-0.05, 0) is 48.6 Å². The highest BCUT2D eigenvalue weighted by molar-refractivity contribution is 7.89. The topological polar surface area (TPSA) is 148 Å². The largest absolute Gasteiger partial charge is 0.497 e. The van der Waals surface area contributed by atoms with Crippen LogP contribution in [-0.4, -0.2) is 89.9 Å². The third-order valence-electron chi connectivity index (χ3n) is 7.81. The first-order valence-electron chi connectivity index (χ1n) is 14.6. The van der Waals surface area contributed by atoms with E-state index < -0.39 is 34.3 Å². The number of alkyl carbamates (subject to hydrolysis) is 1. The number of hydrogen-bond donors (Lipinski definition) is 2. The molecule has 3 aliphatic heterocycles. The Morgan fingerprint density at radius 3 is 2.51 bits per heavy atom. The van der Waals surface area contributed by atoms with E-state index in [-0.39, 0.29) is 42.7 Å². The molecule has 43 heavy (non-hydrogen) atoms. The van der Waals surface area contributed by atoms with Gasteiger partial charge in [0.2, 0.25) is 10.0 Å². The number of sulfonamides is 1. The zero-order chi connectivity index (χ0) is 30.6. The van der Waals surface area contributed by atoms with Crippen LogP contribution in [-0.2, 0) is 30.7 Å². The van der Waals surface area contributed by atoms with E-state index in [1.165, 1.54) is 16.4 Å². The lowest BCUT2D eigenvalue weighted by Gasteiger charge is -2.32. The van der Waals surface area contributed by atoms with Crippen LogP contribution in [0.25, 0.3) is 0 Å². The first kappa shape index (κ1) is 31.3. The molecule has 13 heteroatoms.